The summed E-state index contributed by atoms with van der Waals surface area (Å²) < 4.78 is 18.2. The van der Waals surface area contributed by atoms with Gasteiger partial charge in [0.2, 0.25) is 11.7 Å². The van der Waals surface area contributed by atoms with Crippen LogP contribution in [0, 0.1) is 26.6 Å². The smallest absolute Gasteiger partial charge is 0.227 e. The molecule has 25 heavy (non-hydrogen) atoms. The molecule has 0 aliphatic carbocycles. The lowest BCUT2D eigenvalue weighted by Gasteiger charge is -2.10. The third-order valence-electron chi connectivity index (χ3n) is 3.93. The first-order chi connectivity index (χ1) is 12.0. The molecule has 0 saturated heterocycles. The molecule has 2 heterocycles. The molecule has 0 aliphatic heterocycles. The summed E-state index contributed by atoms with van der Waals surface area (Å²) >= 11 is 0. The van der Waals surface area contributed by atoms with E-state index >= 15 is 0 Å². The van der Waals surface area contributed by atoms with Gasteiger partial charge in [0, 0.05) is 29.8 Å². The Labute approximate surface area is 145 Å². The van der Waals surface area contributed by atoms with E-state index in [2.05, 4.69) is 25.4 Å². The number of hydrogen-bond donors (Lipinski definition) is 1. The van der Waals surface area contributed by atoms with Gasteiger partial charge < -0.3 is 9.84 Å². The van der Waals surface area contributed by atoms with E-state index in [1.807, 2.05) is 20.8 Å². The van der Waals surface area contributed by atoms with E-state index in [1.165, 1.54) is 12.1 Å². The molecule has 0 saturated carbocycles. The molecule has 0 bridgehead atoms. The van der Waals surface area contributed by atoms with Crippen LogP contribution in [-0.2, 0) is 6.42 Å². The van der Waals surface area contributed by atoms with Crippen molar-refractivity contribution in [1.29, 1.82) is 0 Å². The van der Waals surface area contributed by atoms with Crippen LogP contribution < -0.4 is 5.32 Å². The molecule has 1 N–H and O–H groups in total. The zero-order chi connectivity index (χ0) is 17.8. The van der Waals surface area contributed by atoms with E-state index in [-0.39, 0.29) is 5.82 Å². The van der Waals surface area contributed by atoms with Crippen molar-refractivity contribution in [3.05, 3.63) is 53.1 Å². The average molecular weight is 341 g/mol. The molecule has 0 radical (unpaired) electrons. The van der Waals surface area contributed by atoms with Crippen LogP contribution in [0.25, 0.3) is 11.4 Å². The molecule has 0 unspecified atom stereocenters. The normalized spacial score (nSPS) is 10.9. The predicted molar refractivity (Wildman–Crippen MR) is 92.7 cm³/mol. The minimum absolute atomic E-state index is 0.288. The summed E-state index contributed by atoms with van der Waals surface area (Å²) in [6.45, 7) is 6.60. The highest BCUT2D eigenvalue weighted by atomic mass is 19.1. The second-order valence-corrected chi connectivity index (χ2v) is 5.88. The van der Waals surface area contributed by atoms with Gasteiger partial charge in [0.25, 0.3) is 0 Å². The standard InChI is InChI=1S/C18H20FN5O/c1-11-12(2)21-13(3)22-17(11)20-10-4-5-16-23-18(24-25-16)14-6-8-15(19)9-7-14/h6-9H,4-5,10H2,1-3H3,(H,20,21,22). The van der Waals surface area contributed by atoms with Crippen LogP contribution in [0.1, 0.15) is 29.4 Å². The maximum atomic E-state index is 13.0. The quantitative estimate of drug-likeness (QED) is 0.690. The van der Waals surface area contributed by atoms with Crippen molar-refractivity contribution < 1.29 is 8.91 Å². The second-order valence-electron chi connectivity index (χ2n) is 5.88. The van der Waals surface area contributed by atoms with E-state index in [1.54, 1.807) is 12.1 Å². The van der Waals surface area contributed by atoms with Crippen LogP contribution in [0.5, 0.6) is 0 Å². The van der Waals surface area contributed by atoms with Gasteiger partial charge in [-0.25, -0.2) is 14.4 Å². The van der Waals surface area contributed by atoms with E-state index in [0.717, 1.165) is 41.4 Å². The molecule has 6 nitrogen and oxygen atoms in total. The zero-order valence-electron chi connectivity index (χ0n) is 14.5. The molecule has 0 spiro atoms. The summed E-state index contributed by atoms with van der Waals surface area (Å²) in [5, 5.41) is 7.27. The molecule has 3 rings (SSSR count). The van der Waals surface area contributed by atoms with Gasteiger partial charge in [-0.15, -0.1) is 0 Å². The molecule has 7 heteroatoms. The number of aryl methyl sites for hydroxylation is 3. The van der Waals surface area contributed by atoms with Crippen LogP contribution in [-0.4, -0.2) is 26.7 Å². The third-order valence-corrected chi connectivity index (χ3v) is 3.93. The number of rotatable bonds is 6. The SMILES string of the molecule is Cc1nc(C)c(C)c(NCCCc2nc(-c3ccc(F)cc3)no2)n1. The Hall–Kier alpha value is -2.83. The summed E-state index contributed by atoms with van der Waals surface area (Å²) in [5.41, 5.74) is 2.77. The van der Waals surface area contributed by atoms with Crippen LogP contribution >= 0.6 is 0 Å². The van der Waals surface area contributed by atoms with Crippen LogP contribution in [0.4, 0.5) is 10.2 Å². The van der Waals surface area contributed by atoms with Gasteiger partial charge in [0.15, 0.2) is 0 Å². The van der Waals surface area contributed by atoms with E-state index in [0.29, 0.717) is 18.1 Å². The van der Waals surface area contributed by atoms with Crippen molar-refractivity contribution in [2.75, 3.05) is 11.9 Å². The first-order valence-corrected chi connectivity index (χ1v) is 8.17. The molecule has 2 aromatic heterocycles. The van der Waals surface area contributed by atoms with Crippen molar-refractivity contribution in [3.63, 3.8) is 0 Å². The minimum atomic E-state index is -0.288. The summed E-state index contributed by atoms with van der Waals surface area (Å²) in [6, 6.07) is 6.02. The molecule has 0 aliphatic rings. The lowest BCUT2D eigenvalue weighted by Crippen LogP contribution is -2.09. The van der Waals surface area contributed by atoms with Crippen LogP contribution in [0.15, 0.2) is 28.8 Å². The van der Waals surface area contributed by atoms with Crippen LogP contribution in [0.2, 0.25) is 0 Å². The Kier molecular flexibility index (Phi) is 5.02. The fraction of sp³-hybridized carbons (Fsp3) is 0.333. The van der Waals surface area contributed by atoms with Gasteiger partial charge in [-0.1, -0.05) is 5.16 Å². The van der Waals surface area contributed by atoms with Gasteiger partial charge in [0.05, 0.1) is 0 Å². The van der Waals surface area contributed by atoms with E-state index < -0.39 is 0 Å². The Balaban J connectivity index is 1.54. The third kappa shape index (κ3) is 4.17. The molecule has 3 aromatic rings. The Bertz CT molecular complexity index is 860. The summed E-state index contributed by atoms with van der Waals surface area (Å²) in [6.07, 6.45) is 1.48. The highest BCUT2D eigenvalue weighted by Crippen LogP contribution is 2.17. The maximum Gasteiger partial charge on any atom is 0.227 e. The Morgan fingerprint density at radius 3 is 2.56 bits per heavy atom. The van der Waals surface area contributed by atoms with Crippen molar-refractivity contribution in [2.45, 2.75) is 33.6 Å². The van der Waals surface area contributed by atoms with Gasteiger partial charge in [-0.3, -0.25) is 0 Å². The highest BCUT2D eigenvalue weighted by molar-refractivity contribution is 5.53. The number of nitrogens with one attached hydrogen (secondary N) is 1. The van der Waals surface area contributed by atoms with Crippen molar-refractivity contribution in [1.82, 2.24) is 20.1 Å². The van der Waals surface area contributed by atoms with Gasteiger partial charge in [0.1, 0.15) is 17.5 Å². The van der Waals surface area contributed by atoms with Gasteiger partial charge in [-0.05, 0) is 51.5 Å². The molecule has 0 fully saturated rings. The number of benzene rings is 1. The second kappa shape index (κ2) is 7.38. The monoisotopic (exact) mass is 341 g/mol. The van der Waals surface area contributed by atoms with Crippen molar-refractivity contribution in [3.8, 4) is 11.4 Å². The molecule has 0 atom stereocenters. The lowest BCUT2D eigenvalue weighted by molar-refractivity contribution is 0.377. The molecule has 130 valence electrons. The van der Waals surface area contributed by atoms with Crippen LogP contribution in [0.3, 0.4) is 0 Å². The number of anilines is 1. The number of nitrogens with zero attached hydrogens (tertiary/aromatic N) is 4. The summed E-state index contributed by atoms with van der Waals surface area (Å²) in [4.78, 5) is 13.1. The molecule has 1 aromatic carbocycles. The van der Waals surface area contributed by atoms with Crippen molar-refractivity contribution in [2.24, 2.45) is 0 Å². The largest absolute Gasteiger partial charge is 0.370 e. The number of aromatic nitrogens is 4. The predicted octanol–water partition coefficient (Wildman–Crippen LogP) is 3.64. The fourth-order valence-electron chi connectivity index (χ4n) is 2.46. The zero-order valence-corrected chi connectivity index (χ0v) is 14.5. The van der Waals surface area contributed by atoms with Gasteiger partial charge >= 0.3 is 0 Å². The van der Waals surface area contributed by atoms with E-state index in [9.17, 15) is 4.39 Å². The lowest BCUT2D eigenvalue weighted by atomic mass is 10.2. The first kappa shape index (κ1) is 17.0. The molecular weight excluding hydrogens is 321 g/mol. The number of hydrogen-bond acceptors (Lipinski definition) is 6. The Morgan fingerprint density at radius 1 is 1.04 bits per heavy atom. The molecular formula is C18H20FN5O. The Morgan fingerprint density at radius 2 is 1.80 bits per heavy atom. The highest BCUT2D eigenvalue weighted by Gasteiger charge is 2.09. The number of halogens is 1. The van der Waals surface area contributed by atoms with E-state index in [4.69, 9.17) is 4.52 Å². The average Bonchev–Trinajstić information content (AvgIpc) is 3.05. The van der Waals surface area contributed by atoms with Gasteiger partial charge in [-0.2, -0.15) is 4.98 Å². The minimum Gasteiger partial charge on any atom is -0.370 e. The molecule has 0 amide bonds. The summed E-state index contributed by atoms with van der Waals surface area (Å²) in [5.74, 6) is 2.37. The first-order valence-electron chi connectivity index (χ1n) is 8.17. The maximum absolute atomic E-state index is 13.0. The fourth-order valence-corrected chi connectivity index (χ4v) is 2.46. The van der Waals surface area contributed by atoms with Crippen molar-refractivity contribution >= 4 is 5.82 Å². The topological polar surface area (TPSA) is 76.7 Å². The summed E-state index contributed by atoms with van der Waals surface area (Å²) in [7, 11) is 0.